The Morgan fingerprint density at radius 2 is 1.80 bits per heavy atom. The predicted molar refractivity (Wildman–Crippen MR) is 101 cm³/mol. The fourth-order valence-electron chi connectivity index (χ4n) is 3.06. The lowest BCUT2D eigenvalue weighted by atomic mass is 10.1. The van der Waals surface area contributed by atoms with Crippen molar-refractivity contribution in [2.24, 2.45) is 0 Å². The summed E-state index contributed by atoms with van der Waals surface area (Å²) in [6, 6.07) is 11.6. The molecule has 1 aliphatic rings. The molecule has 0 amide bonds. The second-order valence-electron chi connectivity index (χ2n) is 6.17. The number of ether oxygens (including phenoxy) is 1. The Bertz CT molecular complexity index is 809. The van der Waals surface area contributed by atoms with Crippen LogP contribution in [-0.2, 0) is 16.4 Å². The Labute approximate surface area is 153 Å². The molecule has 0 radical (unpaired) electrons. The third-order valence-corrected chi connectivity index (χ3v) is 7.90. The maximum absolute atomic E-state index is 12.7. The van der Waals surface area contributed by atoms with Crippen LogP contribution in [0.25, 0.3) is 0 Å². The van der Waals surface area contributed by atoms with Crippen molar-refractivity contribution in [2.45, 2.75) is 17.6 Å². The van der Waals surface area contributed by atoms with Crippen LogP contribution < -0.4 is 4.74 Å². The molecule has 0 unspecified atom stereocenters. The highest BCUT2D eigenvalue weighted by Gasteiger charge is 2.29. The van der Waals surface area contributed by atoms with E-state index >= 15 is 0 Å². The number of hydrogen-bond donors (Lipinski definition) is 0. The van der Waals surface area contributed by atoms with Crippen molar-refractivity contribution in [3.05, 3.63) is 46.8 Å². The van der Waals surface area contributed by atoms with E-state index in [0.717, 1.165) is 36.7 Å². The molecule has 2 aromatic rings. The molecule has 1 saturated heterocycles. The summed E-state index contributed by atoms with van der Waals surface area (Å²) in [6.07, 6.45) is 0.904. The quantitative estimate of drug-likeness (QED) is 0.773. The van der Waals surface area contributed by atoms with Gasteiger partial charge in [0.15, 0.2) is 0 Å². The Morgan fingerprint density at radius 3 is 2.44 bits per heavy atom. The average Bonchev–Trinajstić information content (AvgIpc) is 3.08. The van der Waals surface area contributed by atoms with Crippen LogP contribution in [0.2, 0.25) is 0 Å². The van der Waals surface area contributed by atoms with Crippen LogP contribution in [0.1, 0.15) is 10.4 Å². The molecule has 7 heteroatoms. The molecule has 1 aromatic carbocycles. The average molecular weight is 381 g/mol. The van der Waals surface area contributed by atoms with Gasteiger partial charge in [0.2, 0.25) is 0 Å². The lowest BCUT2D eigenvalue weighted by Gasteiger charge is -2.33. The molecule has 0 aliphatic carbocycles. The number of para-hydroxylation sites is 1. The number of benzene rings is 1. The van der Waals surface area contributed by atoms with Gasteiger partial charge in [-0.05, 0) is 37.1 Å². The maximum Gasteiger partial charge on any atom is 0.252 e. The van der Waals surface area contributed by atoms with Crippen LogP contribution in [0.5, 0.6) is 5.75 Å². The van der Waals surface area contributed by atoms with Gasteiger partial charge in [-0.3, -0.25) is 0 Å². The van der Waals surface area contributed by atoms with Gasteiger partial charge in [-0.15, -0.1) is 11.3 Å². The lowest BCUT2D eigenvalue weighted by molar-refractivity contribution is 0.190. The highest BCUT2D eigenvalue weighted by Crippen LogP contribution is 2.25. The first-order valence-electron chi connectivity index (χ1n) is 8.41. The number of aryl methyl sites for hydroxylation is 1. The van der Waals surface area contributed by atoms with E-state index in [0.29, 0.717) is 17.3 Å². The van der Waals surface area contributed by atoms with Crippen LogP contribution in [0.15, 0.2) is 40.6 Å². The summed E-state index contributed by atoms with van der Waals surface area (Å²) in [6.45, 7) is 5.46. The number of piperazine rings is 1. The first-order valence-corrected chi connectivity index (χ1v) is 10.7. The van der Waals surface area contributed by atoms with E-state index in [1.165, 1.54) is 16.9 Å². The normalized spacial score (nSPS) is 16.9. The molecule has 25 heavy (non-hydrogen) atoms. The van der Waals surface area contributed by atoms with Gasteiger partial charge >= 0.3 is 0 Å². The smallest absolute Gasteiger partial charge is 0.252 e. The molecule has 1 aromatic heterocycles. The highest BCUT2D eigenvalue weighted by molar-refractivity contribution is 7.91. The summed E-state index contributed by atoms with van der Waals surface area (Å²) in [7, 11) is -1.65. The van der Waals surface area contributed by atoms with Gasteiger partial charge < -0.3 is 9.64 Å². The fourth-order valence-corrected chi connectivity index (χ4v) is 5.92. The molecule has 0 atom stereocenters. The first kappa shape index (κ1) is 18.4. The third kappa shape index (κ3) is 4.23. The maximum atomic E-state index is 12.7. The summed E-state index contributed by atoms with van der Waals surface area (Å²) < 4.78 is 32.8. The monoisotopic (exact) mass is 380 g/mol. The SMILES string of the molecule is COc1ccccc1CCN1CCN(S(=O)(=O)c2ccc(C)s2)CC1. The van der Waals surface area contributed by atoms with Crippen molar-refractivity contribution in [3.63, 3.8) is 0 Å². The Balaban J connectivity index is 1.55. The molecule has 0 spiro atoms. The molecule has 0 bridgehead atoms. The van der Waals surface area contributed by atoms with Gasteiger partial charge in [0.25, 0.3) is 10.0 Å². The summed E-state index contributed by atoms with van der Waals surface area (Å²) in [5, 5.41) is 0. The van der Waals surface area contributed by atoms with Crippen LogP contribution >= 0.6 is 11.3 Å². The van der Waals surface area contributed by atoms with Crippen molar-refractivity contribution >= 4 is 21.4 Å². The standard InChI is InChI=1S/C18H24N2O3S2/c1-15-7-8-18(24-15)25(21,22)20-13-11-19(12-14-20)10-9-16-5-3-4-6-17(16)23-2/h3-8H,9-14H2,1-2H3. The summed E-state index contributed by atoms with van der Waals surface area (Å²) in [5.74, 6) is 0.914. The predicted octanol–water partition coefficient (Wildman–Crippen LogP) is 2.61. The molecular formula is C18H24N2O3S2. The zero-order chi connectivity index (χ0) is 17.9. The first-order chi connectivity index (χ1) is 12.0. The third-order valence-electron chi connectivity index (χ3n) is 4.53. The summed E-state index contributed by atoms with van der Waals surface area (Å²) in [5.41, 5.74) is 1.19. The van der Waals surface area contributed by atoms with Crippen LogP contribution in [0, 0.1) is 6.92 Å². The number of rotatable bonds is 6. The van der Waals surface area contributed by atoms with Crippen molar-refractivity contribution in [1.29, 1.82) is 0 Å². The van der Waals surface area contributed by atoms with E-state index in [9.17, 15) is 8.42 Å². The largest absolute Gasteiger partial charge is 0.496 e. The molecule has 136 valence electrons. The number of hydrogen-bond acceptors (Lipinski definition) is 5. The van der Waals surface area contributed by atoms with Crippen LogP contribution in [0.3, 0.4) is 0 Å². The van der Waals surface area contributed by atoms with E-state index in [1.54, 1.807) is 17.5 Å². The Morgan fingerprint density at radius 1 is 1.08 bits per heavy atom. The van der Waals surface area contributed by atoms with E-state index in [1.807, 2.05) is 31.2 Å². The van der Waals surface area contributed by atoms with Crippen molar-refractivity contribution < 1.29 is 13.2 Å². The van der Waals surface area contributed by atoms with Gasteiger partial charge in [0.05, 0.1) is 7.11 Å². The molecule has 1 aliphatic heterocycles. The van der Waals surface area contributed by atoms with Crippen molar-refractivity contribution in [2.75, 3.05) is 39.8 Å². The molecule has 0 N–H and O–H groups in total. The minimum atomic E-state index is -3.34. The van der Waals surface area contributed by atoms with E-state index in [4.69, 9.17) is 4.74 Å². The molecule has 0 saturated carbocycles. The minimum absolute atomic E-state index is 0.451. The Kier molecular flexibility index (Phi) is 5.78. The fraction of sp³-hybridized carbons (Fsp3) is 0.444. The second kappa shape index (κ2) is 7.86. The van der Waals surface area contributed by atoms with Gasteiger partial charge in [-0.2, -0.15) is 4.31 Å². The highest BCUT2D eigenvalue weighted by atomic mass is 32.2. The Hall–Kier alpha value is -1.41. The lowest BCUT2D eigenvalue weighted by Crippen LogP contribution is -2.48. The minimum Gasteiger partial charge on any atom is -0.496 e. The van der Waals surface area contributed by atoms with Gasteiger partial charge in [-0.1, -0.05) is 18.2 Å². The molecule has 2 heterocycles. The van der Waals surface area contributed by atoms with E-state index in [2.05, 4.69) is 11.0 Å². The number of sulfonamides is 1. The van der Waals surface area contributed by atoms with Gasteiger partial charge in [0, 0.05) is 37.6 Å². The zero-order valence-corrected chi connectivity index (χ0v) is 16.3. The van der Waals surface area contributed by atoms with Gasteiger partial charge in [0.1, 0.15) is 9.96 Å². The number of methoxy groups -OCH3 is 1. The topological polar surface area (TPSA) is 49.9 Å². The summed E-state index contributed by atoms with van der Waals surface area (Å²) >= 11 is 1.34. The zero-order valence-electron chi connectivity index (χ0n) is 14.6. The molecule has 1 fully saturated rings. The molecule has 3 rings (SSSR count). The number of thiophene rings is 1. The second-order valence-corrected chi connectivity index (χ2v) is 9.63. The van der Waals surface area contributed by atoms with Crippen molar-refractivity contribution in [1.82, 2.24) is 9.21 Å². The van der Waals surface area contributed by atoms with Crippen LogP contribution in [-0.4, -0.2) is 57.5 Å². The number of nitrogens with zero attached hydrogens (tertiary/aromatic N) is 2. The molecule has 5 nitrogen and oxygen atoms in total. The summed E-state index contributed by atoms with van der Waals surface area (Å²) in [4.78, 5) is 3.34. The van der Waals surface area contributed by atoms with Crippen molar-refractivity contribution in [3.8, 4) is 5.75 Å². The van der Waals surface area contributed by atoms with Crippen LogP contribution in [0.4, 0.5) is 0 Å². The van der Waals surface area contributed by atoms with E-state index in [-0.39, 0.29) is 0 Å². The van der Waals surface area contributed by atoms with E-state index < -0.39 is 10.0 Å². The molecular weight excluding hydrogens is 356 g/mol. The van der Waals surface area contributed by atoms with Gasteiger partial charge in [-0.25, -0.2) is 8.42 Å².